The average Bonchev–Trinajstić information content (AvgIpc) is 2.75. The molecule has 0 saturated heterocycles. The first kappa shape index (κ1) is 22.6. The molecule has 0 aromatic heterocycles. The molecule has 30 heavy (non-hydrogen) atoms. The van der Waals surface area contributed by atoms with Gasteiger partial charge in [-0.1, -0.05) is 43.5 Å². The van der Waals surface area contributed by atoms with Gasteiger partial charge in [-0.3, -0.25) is 14.5 Å². The molecule has 3 rings (SSSR count). The Balaban J connectivity index is 2.01. The van der Waals surface area contributed by atoms with Crippen molar-refractivity contribution in [2.75, 3.05) is 10.8 Å². The van der Waals surface area contributed by atoms with Gasteiger partial charge in [0.05, 0.1) is 0 Å². The molecule has 1 fully saturated rings. The third-order valence-electron chi connectivity index (χ3n) is 5.62. The molecule has 1 aliphatic rings. The van der Waals surface area contributed by atoms with Crippen molar-refractivity contribution in [1.82, 2.24) is 5.32 Å². The van der Waals surface area contributed by atoms with E-state index in [0.717, 1.165) is 25.7 Å². The highest BCUT2D eigenvalue weighted by Crippen LogP contribution is 2.31. The number of amides is 2. The van der Waals surface area contributed by atoms with Crippen molar-refractivity contribution in [1.29, 1.82) is 0 Å². The lowest BCUT2D eigenvalue weighted by Crippen LogP contribution is -2.49. The van der Waals surface area contributed by atoms with Crippen molar-refractivity contribution in [3.05, 3.63) is 64.9 Å². The van der Waals surface area contributed by atoms with Crippen LogP contribution in [0.15, 0.2) is 48.5 Å². The number of halogens is 3. The summed E-state index contributed by atoms with van der Waals surface area (Å²) in [6.07, 6.45) is 4.17. The smallest absolute Gasteiger partial charge is 0.248 e. The number of hydrogen-bond acceptors (Lipinski definition) is 2. The molecular weight excluding hydrogens is 426 g/mol. The van der Waals surface area contributed by atoms with E-state index in [-0.39, 0.29) is 17.8 Å². The van der Waals surface area contributed by atoms with E-state index in [2.05, 4.69) is 12.2 Å². The predicted molar refractivity (Wildman–Crippen MR) is 118 cm³/mol. The standard InChI is InChI=1S/C23H25Cl2FN2O2/c1-15-4-2-3-5-20(15)27-23(30)22(16-6-8-17(25)9-7-16)28(21(29)14-24)19-12-10-18(26)11-13-19/h6-13,15,20,22H,2-5,14H2,1H3,(H,27,30)/t15-,20-,22+/m1/s1. The maximum atomic E-state index is 13.5. The number of rotatable bonds is 6. The molecule has 7 heteroatoms. The summed E-state index contributed by atoms with van der Waals surface area (Å²) in [7, 11) is 0. The first-order valence-corrected chi connectivity index (χ1v) is 11.0. The Kier molecular flexibility index (Phi) is 7.73. The largest absolute Gasteiger partial charge is 0.351 e. The highest BCUT2D eigenvalue weighted by Gasteiger charge is 2.34. The van der Waals surface area contributed by atoms with Gasteiger partial charge in [0, 0.05) is 16.8 Å². The first-order chi connectivity index (χ1) is 14.4. The number of nitrogens with zero attached hydrogens (tertiary/aromatic N) is 1. The lowest BCUT2D eigenvalue weighted by Gasteiger charge is -2.35. The van der Waals surface area contributed by atoms with Gasteiger partial charge in [0.2, 0.25) is 11.8 Å². The van der Waals surface area contributed by atoms with Crippen LogP contribution in [-0.4, -0.2) is 23.7 Å². The zero-order valence-corrected chi connectivity index (χ0v) is 18.3. The van der Waals surface area contributed by atoms with E-state index in [4.69, 9.17) is 23.2 Å². The third kappa shape index (κ3) is 5.32. The fraction of sp³-hybridized carbons (Fsp3) is 0.391. The van der Waals surface area contributed by atoms with Crippen LogP contribution in [0.2, 0.25) is 5.02 Å². The Morgan fingerprint density at radius 2 is 1.73 bits per heavy atom. The molecule has 0 spiro atoms. The van der Waals surface area contributed by atoms with Gasteiger partial charge in [-0.05, 0) is 60.7 Å². The minimum atomic E-state index is -0.951. The molecule has 1 saturated carbocycles. The molecule has 2 aromatic rings. The molecule has 160 valence electrons. The average molecular weight is 451 g/mol. The van der Waals surface area contributed by atoms with Crippen molar-refractivity contribution >= 4 is 40.7 Å². The van der Waals surface area contributed by atoms with E-state index >= 15 is 0 Å². The van der Waals surface area contributed by atoms with Crippen LogP contribution in [0.3, 0.4) is 0 Å². The number of alkyl halides is 1. The number of anilines is 1. The zero-order valence-electron chi connectivity index (χ0n) is 16.8. The van der Waals surface area contributed by atoms with Crippen molar-refractivity contribution in [2.45, 2.75) is 44.7 Å². The highest BCUT2D eigenvalue weighted by atomic mass is 35.5. The lowest BCUT2D eigenvalue weighted by atomic mass is 9.85. The minimum Gasteiger partial charge on any atom is -0.351 e. The second-order valence-electron chi connectivity index (χ2n) is 7.70. The molecule has 0 bridgehead atoms. The molecule has 3 atom stereocenters. The monoisotopic (exact) mass is 450 g/mol. The van der Waals surface area contributed by atoms with Crippen molar-refractivity contribution < 1.29 is 14.0 Å². The number of benzene rings is 2. The van der Waals surface area contributed by atoms with Crippen LogP contribution in [0.4, 0.5) is 10.1 Å². The van der Waals surface area contributed by atoms with E-state index in [9.17, 15) is 14.0 Å². The predicted octanol–water partition coefficient (Wildman–Crippen LogP) is 5.49. The Bertz CT molecular complexity index is 874. The molecule has 2 amide bonds. The fourth-order valence-electron chi connectivity index (χ4n) is 3.96. The number of carbonyl (C=O) groups is 2. The maximum absolute atomic E-state index is 13.5. The number of carbonyl (C=O) groups excluding carboxylic acids is 2. The van der Waals surface area contributed by atoms with Gasteiger partial charge in [0.1, 0.15) is 17.7 Å². The van der Waals surface area contributed by atoms with Gasteiger partial charge in [-0.15, -0.1) is 11.6 Å². The van der Waals surface area contributed by atoms with Crippen LogP contribution in [0.1, 0.15) is 44.2 Å². The summed E-state index contributed by atoms with van der Waals surface area (Å²) >= 11 is 11.9. The quantitative estimate of drug-likeness (QED) is 0.591. The Morgan fingerprint density at radius 1 is 1.10 bits per heavy atom. The van der Waals surface area contributed by atoms with Crippen molar-refractivity contribution in [3.8, 4) is 0 Å². The molecule has 1 aliphatic carbocycles. The Labute approximate surface area is 186 Å². The second-order valence-corrected chi connectivity index (χ2v) is 8.41. The van der Waals surface area contributed by atoms with E-state index in [0.29, 0.717) is 22.2 Å². The number of hydrogen-bond donors (Lipinski definition) is 1. The minimum absolute atomic E-state index is 0.0437. The van der Waals surface area contributed by atoms with Gasteiger partial charge in [-0.25, -0.2) is 4.39 Å². The van der Waals surface area contributed by atoms with E-state index in [1.165, 1.54) is 29.2 Å². The molecule has 4 nitrogen and oxygen atoms in total. The van der Waals surface area contributed by atoms with Crippen LogP contribution in [-0.2, 0) is 9.59 Å². The van der Waals surface area contributed by atoms with Crippen molar-refractivity contribution in [3.63, 3.8) is 0 Å². The van der Waals surface area contributed by atoms with Crippen molar-refractivity contribution in [2.24, 2.45) is 5.92 Å². The fourth-order valence-corrected chi connectivity index (χ4v) is 4.21. The summed E-state index contributed by atoms with van der Waals surface area (Å²) in [6, 6.07) is 11.3. The van der Waals surface area contributed by atoms with Gasteiger partial charge in [0.25, 0.3) is 0 Å². The van der Waals surface area contributed by atoms with Gasteiger partial charge < -0.3 is 5.32 Å². The highest BCUT2D eigenvalue weighted by molar-refractivity contribution is 6.30. The van der Waals surface area contributed by atoms with E-state index < -0.39 is 17.8 Å². The van der Waals surface area contributed by atoms with Gasteiger partial charge in [0.15, 0.2) is 0 Å². The summed E-state index contributed by atoms with van der Waals surface area (Å²) in [5, 5.41) is 3.66. The summed E-state index contributed by atoms with van der Waals surface area (Å²) in [5.41, 5.74) is 0.997. The maximum Gasteiger partial charge on any atom is 0.248 e. The van der Waals surface area contributed by atoms with E-state index in [1.807, 2.05) is 0 Å². The molecule has 1 N–H and O–H groups in total. The first-order valence-electron chi connectivity index (χ1n) is 10.1. The van der Waals surface area contributed by atoms with Crippen LogP contribution < -0.4 is 10.2 Å². The Morgan fingerprint density at radius 3 is 2.33 bits per heavy atom. The molecule has 0 radical (unpaired) electrons. The number of nitrogens with one attached hydrogen (secondary N) is 1. The normalized spacial score (nSPS) is 19.7. The SMILES string of the molecule is C[C@@H]1CCCC[C@H]1NC(=O)[C@H](c1ccc(Cl)cc1)N(C(=O)CCl)c1ccc(F)cc1. The van der Waals surface area contributed by atoms with Crippen LogP contribution in [0, 0.1) is 11.7 Å². The van der Waals surface area contributed by atoms with Crippen LogP contribution >= 0.6 is 23.2 Å². The summed E-state index contributed by atoms with van der Waals surface area (Å²) in [5.74, 6) is -1.12. The summed E-state index contributed by atoms with van der Waals surface area (Å²) in [6.45, 7) is 2.13. The Hall–Kier alpha value is -2.11. The summed E-state index contributed by atoms with van der Waals surface area (Å²) < 4.78 is 13.5. The topological polar surface area (TPSA) is 49.4 Å². The zero-order chi connectivity index (χ0) is 21.7. The molecule has 0 unspecified atom stereocenters. The van der Waals surface area contributed by atoms with E-state index in [1.54, 1.807) is 24.3 Å². The van der Waals surface area contributed by atoms with Crippen LogP contribution in [0.25, 0.3) is 0 Å². The van der Waals surface area contributed by atoms with Crippen LogP contribution in [0.5, 0.6) is 0 Å². The third-order valence-corrected chi connectivity index (χ3v) is 6.10. The lowest BCUT2D eigenvalue weighted by molar-refractivity contribution is -0.126. The summed E-state index contributed by atoms with van der Waals surface area (Å²) in [4.78, 5) is 27.7. The second kappa shape index (κ2) is 10.3. The molecule has 2 aromatic carbocycles. The molecule has 0 heterocycles. The molecule has 0 aliphatic heterocycles. The molecular formula is C23H25Cl2FN2O2. The van der Waals surface area contributed by atoms with Gasteiger partial charge in [-0.2, -0.15) is 0 Å². The van der Waals surface area contributed by atoms with Gasteiger partial charge >= 0.3 is 0 Å².